The number of nitrogens with zero attached hydrogens (tertiary/aromatic N) is 4. The lowest BCUT2D eigenvalue weighted by Gasteiger charge is -2.10. The van der Waals surface area contributed by atoms with Gasteiger partial charge >= 0.3 is 6.18 Å². The second-order valence-electron chi connectivity index (χ2n) is 5.45. The molecule has 7 nitrogen and oxygen atoms in total. The summed E-state index contributed by atoms with van der Waals surface area (Å²) < 4.78 is 55.3. The van der Waals surface area contributed by atoms with Gasteiger partial charge in [0.1, 0.15) is 6.61 Å². The molecule has 0 radical (unpaired) electrons. The first kappa shape index (κ1) is 19.7. The standard InChI is InChI=1S/C17H14ClF3N4O3/c1-26-12-8-22-16(18)23-15(12)28-9-10-3-5-11(6-4-10)25-14(27-2)7-13(24-25)17(19,20)21/h3-8H,9H2,1-2H3. The van der Waals surface area contributed by atoms with E-state index in [2.05, 4.69) is 15.1 Å². The van der Waals surface area contributed by atoms with E-state index < -0.39 is 11.9 Å². The van der Waals surface area contributed by atoms with E-state index in [-0.39, 0.29) is 23.7 Å². The van der Waals surface area contributed by atoms with Gasteiger partial charge in [-0.15, -0.1) is 0 Å². The molecule has 2 aromatic heterocycles. The van der Waals surface area contributed by atoms with E-state index in [9.17, 15) is 13.2 Å². The second kappa shape index (κ2) is 7.93. The van der Waals surface area contributed by atoms with Crippen molar-refractivity contribution in [3.05, 3.63) is 53.1 Å². The SMILES string of the molecule is COc1cnc(Cl)nc1OCc1ccc(-n2nc(C(F)(F)F)cc2OC)cc1. The molecule has 3 aromatic rings. The van der Waals surface area contributed by atoms with Crippen LogP contribution < -0.4 is 14.2 Å². The van der Waals surface area contributed by atoms with Crippen LogP contribution in [-0.2, 0) is 12.8 Å². The maximum atomic E-state index is 12.9. The van der Waals surface area contributed by atoms with Gasteiger partial charge in [0, 0.05) is 6.07 Å². The molecule has 0 aliphatic heterocycles. The van der Waals surface area contributed by atoms with E-state index >= 15 is 0 Å². The van der Waals surface area contributed by atoms with Crippen molar-refractivity contribution in [3.8, 4) is 23.2 Å². The van der Waals surface area contributed by atoms with Gasteiger partial charge in [-0.25, -0.2) is 9.67 Å². The van der Waals surface area contributed by atoms with Gasteiger partial charge in [0.2, 0.25) is 11.2 Å². The maximum Gasteiger partial charge on any atom is 0.435 e. The minimum atomic E-state index is -4.57. The smallest absolute Gasteiger partial charge is 0.435 e. The van der Waals surface area contributed by atoms with Crippen molar-refractivity contribution < 1.29 is 27.4 Å². The molecule has 0 saturated heterocycles. The Morgan fingerprint density at radius 2 is 1.82 bits per heavy atom. The van der Waals surface area contributed by atoms with E-state index in [1.54, 1.807) is 24.3 Å². The van der Waals surface area contributed by atoms with E-state index in [1.807, 2.05) is 0 Å². The Morgan fingerprint density at radius 3 is 2.43 bits per heavy atom. The summed E-state index contributed by atoms with van der Waals surface area (Å²) in [5, 5.41) is 3.58. The van der Waals surface area contributed by atoms with Crippen molar-refractivity contribution in [2.24, 2.45) is 0 Å². The van der Waals surface area contributed by atoms with Crippen LogP contribution in [0.1, 0.15) is 11.3 Å². The number of aromatic nitrogens is 4. The molecular weight excluding hydrogens is 401 g/mol. The van der Waals surface area contributed by atoms with Crippen LogP contribution in [0.25, 0.3) is 5.69 Å². The number of benzene rings is 1. The van der Waals surface area contributed by atoms with Gasteiger partial charge in [0.15, 0.2) is 11.4 Å². The van der Waals surface area contributed by atoms with Crippen molar-refractivity contribution in [1.82, 2.24) is 19.7 Å². The van der Waals surface area contributed by atoms with Crippen LogP contribution in [0, 0.1) is 0 Å². The zero-order chi connectivity index (χ0) is 20.3. The summed E-state index contributed by atoms with van der Waals surface area (Å²) in [5.41, 5.74) is 0.103. The van der Waals surface area contributed by atoms with Gasteiger partial charge in [-0.1, -0.05) is 12.1 Å². The molecule has 0 aliphatic rings. The normalized spacial score (nSPS) is 11.4. The number of alkyl halides is 3. The quantitative estimate of drug-likeness (QED) is 0.569. The predicted molar refractivity (Wildman–Crippen MR) is 93.0 cm³/mol. The molecule has 0 saturated carbocycles. The molecule has 11 heteroatoms. The number of hydrogen-bond acceptors (Lipinski definition) is 6. The third-order valence-corrected chi connectivity index (χ3v) is 3.83. The largest absolute Gasteiger partial charge is 0.490 e. The van der Waals surface area contributed by atoms with Crippen molar-refractivity contribution in [3.63, 3.8) is 0 Å². The number of hydrogen-bond donors (Lipinski definition) is 0. The van der Waals surface area contributed by atoms with Gasteiger partial charge in [-0.2, -0.15) is 23.3 Å². The first-order valence-electron chi connectivity index (χ1n) is 7.81. The van der Waals surface area contributed by atoms with Crippen molar-refractivity contribution in [1.29, 1.82) is 0 Å². The highest BCUT2D eigenvalue weighted by Gasteiger charge is 2.35. The van der Waals surface area contributed by atoms with E-state index in [0.29, 0.717) is 11.4 Å². The third-order valence-electron chi connectivity index (χ3n) is 3.65. The molecule has 0 N–H and O–H groups in total. The Hall–Kier alpha value is -3.01. The highest BCUT2D eigenvalue weighted by Crippen LogP contribution is 2.32. The molecule has 0 aliphatic carbocycles. The van der Waals surface area contributed by atoms with Crippen LogP contribution >= 0.6 is 11.6 Å². The molecule has 0 fully saturated rings. The highest BCUT2D eigenvalue weighted by atomic mass is 35.5. The lowest BCUT2D eigenvalue weighted by molar-refractivity contribution is -0.141. The molecule has 148 valence electrons. The van der Waals surface area contributed by atoms with Crippen LogP contribution in [0.5, 0.6) is 17.5 Å². The van der Waals surface area contributed by atoms with Gasteiger partial charge in [-0.05, 0) is 29.3 Å². The van der Waals surface area contributed by atoms with Gasteiger partial charge in [0.25, 0.3) is 5.88 Å². The van der Waals surface area contributed by atoms with Gasteiger partial charge in [-0.3, -0.25) is 0 Å². The zero-order valence-corrected chi connectivity index (χ0v) is 15.5. The first-order chi connectivity index (χ1) is 13.3. The van der Waals surface area contributed by atoms with E-state index in [0.717, 1.165) is 16.3 Å². The van der Waals surface area contributed by atoms with E-state index in [1.165, 1.54) is 20.4 Å². The summed E-state index contributed by atoms with van der Waals surface area (Å²) in [6.07, 6.45) is -3.18. The summed E-state index contributed by atoms with van der Waals surface area (Å²) in [6, 6.07) is 7.39. The van der Waals surface area contributed by atoms with E-state index in [4.69, 9.17) is 25.8 Å². The molecule has 0 bridgehead atoms. The predicted octanol–water partition coefficient (Wildman–Crippen LogP) is 3.93. The van der Waals surface area contributed by atoms with Gasteiger partial charge in [0.05, 0.1) is 26.1 Å². The average molecular weight is 415 g/mol. The Labute approximate surface area is 162 Å². The summed E-state index contributed by atoms with van der Waals surface area (Å²) >= 11 is 5.75. The molecule has 0 spiro atoms. The Bertz CT molecular complexity index is 961. The fourth-order valence-electron chi connectivity index (χ4n) is 2.30. The molecule has 0 atom stereocenters. The van der Waals surface area contributed by atoms with Crippen molar-refractivity contribution in [2.75, 3.05) is 14.2 Å². The summed E-state index contributed by atoms with van der Waals surface area (Å²) in [4.78, 5) is 7.74. The molecule has 2 heterocycles. The topological polar surface area (TPSA) is 71.3 Å². The number of halogens is 4. The number of rotatable bonds is 6. The molecule has 3 rings (SSSR count). The first-order valence-corrected chi connectivity index (χ1v) is 8.19. The minimum absolute atomic E-state index is 0.0115. The Kier molecular flexibility index (Phi) is 5.59. The third kappa shape index (κ3) is 4.28. The Morgan fingerprint density at radius 1 is 1.11 bits per heavy atom. The lowest BCUT2D eigenvalue weighted by Crippen LogP contribution is -2.07. The van der Waals surface area contributed by atoms with Crippen molar-refractivity contribution in [2.45, 2.75) is 12.8 Å². The summed E-state index contributed by atoms with van der Waals surface area (Å²) in [6.45, 7) is 0.133. The zero-order valence-electron chi connectivity index (χ0n) is 14.7. The number of ether oxygens (including phenoxy) is 3. The maximum absolute atomic E-state index is 12.9. The van der Waals surface area contributed by atoms with Crippen LogP contribution in [0.3, 0.4) is 0 Å². The Balaban J connectivity index is 1.78. The van der Waals surface area contributed by atoms with Crippen molar-refractivity contribution >= 4 is 11.6 Å². The molecular formula is C17H14ClF3N4O3. The monoisotopic (exact) mass is 414 g/mol. The molecule has 0 unspecified atom stereocenters. The fraction of sp³-hybridized carbons (Fsp3) is 0.235. The highest BCUT2D eigenvalue weighted by molar-refractivity contribution is 6.28. The lowest BCUT2D eigenvalue weighted by atomic mass is 10.2. The molecule has 28 heavy (non-hydrogen) atoms. The minimum Gasteiger partial charge on any atom is -0.490 e. The van der Waals surface area contributed by atoms with Crippen LogP contribution in [0.2, 0.25) is 5.28 Å². The van der Waals surface area contributed by atoms with Crippen LogP contribution in [-0.4, -0.2) is 34.0 Å². The fourth-order valence-corrected chi connectivity index (χ4v) is 2.42. The average Bonchev–Trinajstić information content (AvgIpc) is 3.12. The summed E-state index contributed by atoms with van der Waals surface area (Å²) in [5.74, 6) is 0.466. The molecule has 1 aromatic carbocycles. The number of methoxy groups -OCH3 is 2. The van der Waals surface area contributed by atoms with Gasteiger partial charge < -0.3 is 14.2 Å². The second-order valence-corrected chi connectivity index (χ2v) is 5.79. The summed E-state index contributed by atoms with van der Waals surface area (Å²) in [7, 11) is 2.72. The van der Waals surface area contributed by atoms with Crippen LogP contribution in [0.15, 0.2) is 36.5 Å². The van der Waals surface area contributed by atoms with Crippen LogP contribution in [0.4, 0.5) is 13.2 Å². The molecule has 0 amide bonds.